The van der Waals surface area contributed by atoms with Crippen molar-refractivity contribution in [1.29, 1.82) is 0 Å². The normalized spacial score (nSPS) is 21.2. The SMILES string of the molecule is O=C(CN1C(=O)CSc2ccccc21)NC1CCCCNC1=O. The molecular formula is C16H19N3O3S. The first-order valence-corrected chi connectivity index (χ1v) is 8.73. The zero-order valence-electron chi connectivity index (χ0n) is 12.7. The van der Waals surface area contributed by atoms with Crippen molar-refractivity contribution in [3.8, 4) is 0 Å². The Bertz CT molecular complexity index is 635. The predicted octanol–water partition coefficient (Wildman–Crippen LogP) is 0.910. The van der Waals surface area contributed by atoms with Crippen LogP contribution in [-0.2, 0) is 14.4 Å². The molecule has 1 fully saturated rings. The summed E-state index contributed by atoms with van der Waals surface area (Å²) in [5.74, 6) is -0.207. The maximum absolute atomic E-state index is 12.3. The Morgan fingerprint density at radius 2 is 2.13 bits per heavy atom. The highest BCUT2D eigenvalue weighted by molar-refractivity contribution is 8.00. The van der Waals surface area contributed by atoms with Crippen molar-refractivity contribution in [2.45, 2.75) is 30.2 Å². The average Bonchev–Trinajstić information content (AvgIpc) is 2.75. The van der Waals surface area contributed by atoms with Gasteiger partial charge in [0.15, 0.2) is 0 Å². The molecule has 122 valence electrons. The van der Waals surface area contributed by atoms with E-state index in [4.69, 9.17) is 0 Å². The quantitative estimate of drug-likeness (QED) is 0.862. The van der Waals surface area contributed by atoms with E-state index >= 15 is 0 Å². The fourth-order valence-electron chi connectivity index (χ4n) is 2.79. The lowest BCUT2D eigenvalue weighted by Gasteiger charge is -2.28. The summed E-state index contributed by atoms with van der Waals surface area (Å²) in [5, 5.41) is 5.55. The Morgan fingerprint density at radius 3 is 3.00 bits per heavy atom. The van der Waals surface area contributed by atoms with Gasteiger partial charge in [0.1, 0.15) is 12.6 Å². The van der Waals surface area contributed by atoms with Gasteiger partial charge in [-0.3, -0.25) is 14.4 Å². The fraction of sp³-hybridized carbons (Fsp3) is 0.438. The number of amides is 3. The molecule has 2 aliphatic heterocycles. The summed E-state index contributed by atoms with van der Waals surface area (Å²) in [6.07, 6.45) is 2.46. The molecule has 0 spiro atoms. The fourth-order valence-corrected chi connectivity index (χ4v) is 3.72. The number of carbonyl (C=O) groups excluding carboxylic acids is 3. The summed E-state index contributed by atoms with van der Waals surface area (Å²) < 4.78 is 0. The number of hydrogen-bond acceptors (Lipinski definition) is 4. The summed E-state index contributed by atoms with van der Waals surface area (Å²) in [6.45, 7) is 0.598. The Labute approximate surface area is 139 Å². The number of benzene rings is 1. The van der Waals surface area contributed by atoms with Crippen LogP contribution in [0.4, 0.5) is 5.69 Å². The molecule has 2 aliphatic rings. The van der Waals surface area contributed by atoms with E-state index in [0.717, 1.165) is 23.4 Å². The number of anilines is 1. The molecule has 0 aromatic heterocycles. The van der Waals surface area contributed by atoms with E-state index in [0.29, 0.717) is 18.7 Å². The van der Waals surface area contributed by atoms with Gasteiger partial charge in [0, 0.05) is 11.4 Å². The van der Waals surface area contributed by atoms with Crippen molar-refractivity contribution in [1.82, 2.24) is 10.6 Å². The zero-order chi connectivity index (χ0) is 16.2. The van der Waals surface area contributed by atoms with Crippen molar-refractivity contribution in [3.05, 3.63) is 24.3 Å². The Morgan fingerprint density at radius 1 is 1.30 bits per heavy atom. The maximum Gasteiger partial charge on any atom is 0.242 e. The van der Waals surface area contributed by atoms with E-state index in [1.54, 1.807) is 0 Å². The summed E-state index contributed by atoms with van der Waals surface area (Å²) in [5.41, 5.74) is 0.759. The highest BCUT2D eigenvalue weighted by Crippen LogP contribution is 2.34. The first-order valence-electron chi connectivity index (χ1n) is 7.74. The van der Waals surface area contributed by atoms with E-state index in [2.05, 4.69) is 10.6 Å². The average molecular weight is 333 g/mol. The molecule has 1 atom stereocenters. The number of hydrogen-bond donors (Lipinski definition) is 2. The minimum absolute atomic E-state index is 0.0554. The molecule has 2 N–H and O–H groups in total. The Hall–Kier alpha value is -2.02. The first-order chi connectivity index (χ1) is 11.1. The van der Waals surface area contributed by atoms with Gasteiger partial charge in [-0.25, -0.2) is 0 Å². The van der Waals surface area contributed by atoms with E-state index in [-0.39, 0.29) is 24.3 Å². The van der Waals surface area contributed by atoms with Crippen LogP contribution in [0.2, 0.25) is 0 Å². The minimum Gasteiger partial charge on any atom is -0.354 e. The number of carbonyl (C=O) groups is 3. The van der Waals surface area contributed by atoms with Gasteiger partial charge in [-0.05, 0) is 31.4 Å². The van der Waals surface area contributed by atoms with Gasteiger partial charge in [-0.2, -0.15) is 0 Å². The lowest BCUT2D eigenvalue weighted by Crippen LogP contribution is -2.50. The number of rotatable bonds is 3. The van der Waals surface area contributed by atoms with Crippen LogP contribution < -0.4 is 15.5 Å². The van der Waals surface area contributed by atoms with E-state index in [9.17, 15) is 14.4 Å². The van der Waals surface area contributed by atoms with Crippen LogP contribution in [0.15, 0.2) is 29.2 Å². The Kier molecular flexibility index (Phi) is 4.85. The molecule has 1 aromatic rings. The number of nitrogens with zero attached hydrogens (tertiary/aromatic N) is 1. The van der Waals surface area contributed by atoms with Gasteiger partial charge in [-0.15, -0.1) is 11.8 Å². The van der Waals surface area contributed by atoms with Crippen LogP contribution in [0.25, 0.3) is 0 Å². The van der Waals surface area contributed by atoms with Gasteiger partial charge in [0.25, 0.3) is 0 Å². The Balaban J connectivity index is 1.67. The third-order valence-corrected chi connectivity index (χ3v) is 5.03. The second kappa shape index (κ2) is 7.04. The molecule has 0 aliphatic carbocycles. The molecule has 1 aromatic carbocycles. The van der Waals surface area contributed by atoms with Crippen molar-refractivity contribution in [2.24, 2.45) is 0 Å². The van der Waals surface area contributed by atoms with E-state index < -0.39 is 6.04 Å². The van der Waals surface area contributed by atoms with Crippen molar-refractivity contribution >= 4 is 35.2 Å². The van der Waals surface area contributed by atoms with Crippen LogP contribution in [0.5, 0.6) is 0 Å². The van der Waals surface area contributed by atoms with Crippen LogP contribution in [0.1, 0.15) is 19.3 Å². The lowest BCUT2D eigenvalue weighted by molar-refractivity contribution is -0.128. The van der Waals surface area contributed by atoms with E-state index in [1.807, 2.05) is 24.3 Å². The van der Waals surface area contributed by atoms with E-state index in [1.165, 1.54) is 16.7 Å². The largest absolute Gasteiger partial charge is 0.354 e. The number of para-hydroxylation sites is 1. The monoisotopic (exact) mass is 333 g/mol. The van der Waals surface area contributed by atoms with Gasteiger partial charge in [0.05, 0.1) is 11.4 Å². The van der Waals surface area contributed by atoms with Crippen molar-refractivity contribution in [3.63, 3.8) is 0 Å². The summed E-state index contributed by atoms with van der Waals surface area (Å²) in [7, 11) is 0. The molecule has 23 heavy (non-hydrogen) atoms. The van der Waals surface area contributed by atoms with Crippen LogP contribution in [-0.4, -0.2) is 42.6 Å². The lowest BCUT2D eigenvalue weighted by atomic mass is 10.1. The van der Waals surface area contributed by atoms with Gasteiger partial charge < -0.3 is 15.5 Å². The van der Waals surface area contributed by atoms with Crippen LogP contribution in [0.3, 0.4) is 0 Å². The number of thioether (sulfide) groups is 1. The molecule has 0 radical (unpaired) electrons. The van der Waals surface area contributed by atoms with Crippen LogP contribution in [0, 0.1) is 0 Å². The van der Waals surface area contributed by atoms with Crippen molar-refractivity contribution in [2.75, 3.05) is 23.7 Å². The molecule has 1 saturated heterocycles. The smallest absolute Gasteiger partial charge is 0.242 e. The maximum atomic E-state index is 12.3. The minimum atomic E-state index is -0.505. The number of nitrogens with one attached hydrogen (secondary N) is 2. The van der Waals surface area contributed by atoms with Gasteiger partial charge >= 0.3 is 0 Å². The van der Waals surface area contributed by atoms with Crippen molar-refractivity contribution < 1.29 is 14.4 Å². The summed E-state index contributed by atoms with van der Waals surface area (Å²) in [4.78, 5) is 38.8. The highest BCUT2D eigenvalue weighted by atomic mass is 32.2. The molecular weight excluding hydrogens is 314 g/mol. The third kappa shape index (κ3) is 3.67. The molecule has 1 unspecified atom stereocenters. The third-order valence-electron chi connectivity index (χ3n) is 3.98. The molecule has 7 heteroatoms. The molecule has 3 rings (SSSR count). The predicted molar refractivity (Wildman–Crippen MR) is 88.3 cm³/mol. The summed E-state index contributed by atoms with van der Waals surface area (Å²) >= 11 is 1.48. The second-order valence-electron chi connectivity index (χ2n) is 5.64. The standard InChI is InChI=1S/C16H19N3O3S/c20-14(18-11-5-3-4-8-17-16(11)22)9-19-12-6-1-2-7-13(12)23-10-15(19)21/h1-2,6-7,11H,3-5,8-10H2,(H,17,22)(H,18,20). The molecule has 2 heterocycles. The first kappa shape index (κ1) is 15.9. The zero-order valence-corrected chi connectivity index (χ0v) is 13.5. The van der Waals surface area contributed by atoms with Crippen LogP contribution >= 0.6 is 11.8 Å². The highest BCUT2D eigenvalue weighted by Gasteiger charge is 2.28. The molecule has 6 nitrogen and oxygen atoms in total. The number of fused-ring (bicyclic) bond motifs is 1. The van der Waals surface area contributed by atoms with Gasteiger partial charge in [-0.1, -0.05) is 12.1 Å². The summed E-state index contributed by atoms with van der Waals surface area (Å²) in [6, 6.07) is 7.04. The molecule has 3 amide bonds. The molecule has 0 bridgehead atoms. The topological polar surface area (TPSA) is 78.5 Å². The molecule has 0 saturated carbocycles. The van der Waals surface area contributed by atoms with Gasteiger partial charge in [0.2, 0.25) is 17.7 Å². The second-order valence-corrected chi connectivity index (χ2v) is 6.66.